The smallest absolute Gasteiger partial charge is 0.0621 e. The van der Waals surface area contributed by atoms with Gasteiger partial charge >= 0.3 is 0 Å². The predicted octanol–water partition coefficient (Wildman–Crippen LogP) is 3.10. The molecule has 0 bridgehead atoms. The van der Waals surface area contributed by atoms with E-state index in [0.29, 0.717) is 12.2 Å². The molecule has 0 radical (unpaired) electrons. The molecule has 0 aliphatic rings. The first-order valence-corrected chi connectivity index (χ1v) is 6.79. The number of rotatable bonds is 5. The summed E-state index contributed by atoms with van der Waals surface area (Å²) >= 11 is 0. The van der Waals surface area contributed by atoms with Gasteiger partial charge in [-0.2, -0.15) is 5.26 Å². The Balaban J connectivity index is 2.57. The molecule has 3 heteroatoms. The van der Waals surface area contributed by atoms with Crippen molar-refractivity contribution in [1.82, 2.24) is 0 Å². The van der Waals surface area contributed by atoms with E-state index in [1.54, 1.807) is 0 Å². The SMILES string of the molecule is Cc1ccc(S(=O)CCCCC#N)c(C)c1. The summed E-state index contributed by atoms with van der Waals surface area (Å²) in [6, 6.07) is 8.10. The van der Waals surface area contributed by atoms with Crippen molar-refractivity contribution in [3.05, 3.63) is 29.3 Å². The maximum atomic E-state index is 12.0. The van der Waals surface area contributed by atoms with Crippen LogP contribution in [-0.2, 0) is 10.8 Å². The zero-order chi connectivity index (χ0) is 12.0. The predicted molar refractivity (Wildman–Crippen MR) is 66.7 cm³/mol. The highest BCUT2D eigenvalue weighted by atomic mass is 32.2. The van der Waals surface area contributed by atoms with Gasteiger partial charge in [0, 0.05) is 17.1 Å². The van der Waals surface area contributed by atoms with Crippen LogP contribution >= 0.6 is 0 Å². The number of hydrogen-bond donors (Lipinski definition) is 0. The lowest BCUT2D eigenvalue weighted by Gasteiger charge is -2.06. The van der Waals surface area contributed by atoms with Gasteiger partial charge in [-0.15, -0.1) is 0 Å². The summed E-state index contributed by atoms with van der Waals surface area (Å²) in [5.74, 6) is 0.658. The quantitative estimate of drug-likeness (QED) is 0.736. The highest BCUT2D eigenvalue weighted by molar-refractivity contribution is 7.85. The van der Waals surface area contributed by atoms with Gasteiger partial charge < -0.3 is 0 Å². The van der Waals surface area contributed by atoms with E-state index in [2.05, 4.69) is 12.1 Å². The molecule has 0 aromatic heterocycles. The van der Waals surface area contributed by atoms with Gasteiger partial charge in [0.15, 0.2) is 0 Å². The average molecular weight is 235 g/mol. The Morgan fingerprint density at radius 3 is 2.69 bits per heavy atom. The van der Waals surface area contributed by atoms with Gasteiger partial charge in [0.2, 0.25) is 0 Å². The van der Waals surface area contributed by atoms with Crippen LogP contribution in [0.2, 0.25) is 0 Å². The Morgan fingerprint density at radius 2 is 2.06 bits per heavy atom. The molecule has 0 saturated carbocycles. The Kier molecular flexibility index (Phi) is 5.21. The number of benzene rings is 1. The molecule has 1 aromatic carbocycles. The zero-order valence-corrected chi connectivity index (χ0v) is 10.6. The minimum absolute atomic E-state index is 0.560. The highest BCUT2D eigenvalue weighted by Gasteiger charge is 2.06. The van der Waals surface area contributed by atoms with E-state index >= 15 is 0 Å². The van der Waals surface area contributed by atoms with Gasteiger partial charge in [-0.25, -0.2) is 0 Å². The van der Waals surface area contributed by atoms with Crippen LogP contribution in [0.4, 0.5) is 0 Å². The summed E-state index contributed by atoms with van der Waals surface area (Å²) in [7, 11) is -0.916. The summed E-state index contributed by atoms with van der Waals surface area (Å²) in [6.07, 6.45) is 2.25. The largest absolute Gasteiger partial charge is 0.254 e. The molecule has 1 unspecified atom stereocenters. The second-order valence-electron chi connectivity index (χ2n) is 3.93. The van der Waals surface area contributed by atoms with E-state index in [4.69, 9.17) is 5.26 Å². The van der Waals surface area contributed by atoms with Crippen molar-refractivity contribution in [3.63, 3.8) is 0 Å². The van der Waals surface area contributed by atoms with Gasteiger partial charge in [-0.3, -0.25) is 4.21 Å². The molecule has 0 aliphatic heterocycles. The van der Waals surface area contributed by atoms with Crippen molar-refractivity contribution in [2.24, 2.45) is 0 Å². The summed E-state index contributed by atoms with van der Waals surface area (Å²) in [5.41, 5.74) is 2.29. The van der Waals surface area contributed by atoms with Crippen molar-refractivity contribution >= 4 is 10.8 Å². The number of unbranched alkanes of at least 4 members (excludes halogenated alkanes) is 2. The van der Waals surface area contributed by atoms with Gasteiger partial charge in [-0.05, 0) is 38.3 Å². The van der Waals surface area contributed by atoms with Crippen LogP contribution in [0.3, 0.4) is 0 Å². The molecule has 0 aliphatic carbocycles. The summed E-state index contributed by atoms with van der Waals surface area (Å²) in [5, 5.41) is 8.40. The molecule has 1 aromatic rings. The Hall–Kier alpha value is -1.14. The van der Waals surface area contributed by atoms with Gasteiger partial charge in [0.25, 0.3) is 0 Å². The second-order valence-corrected chi connectivity index (χ2v) is 5.47. The third-order valence-corrected chi connectivity index (χ3v) is 4.05. The lowest BCUT2D eigenvalue weighted by atomic mass is 10.2. The molecule has 0 spiro atoms. The first-order valence-electron chi connectivity index (χ1n) is 5.47. The van der Waals surface area contributed by atoms with Crippen LogP contribution in [0.5, 0.6) is 0 Å². The molecule has 0 saturated heterocycles. The van der Waals surface area contributed by atoms with E-state index in [1.165, 1.54) is 5.56 Å². The standard InChI is InChI=1S/C13H17NOS/c1-11-6-7-13(12(2)10-11)16(15)9-5-3-4-8-14/h6-7,10H,3-5,9H2,1-2H3. The van der Waals surface area contributed by atoms with Gasteiger partial charge in [0.1, 0.15) is 0 Å². The van der Waals surface area contributed by atoms with E-state index in [0.717, 1.165) is 23.3 Å². The van der Waals surface area contributed by atoms with E-state index < -0.39 is 10.8 Å². The second kappa shape index (κ2) is 6.44. The van der Waals surface area contributed by atoms with E-state index in [1.807, 2.05) is 26.0 Å². The first-order chi connectivity index (χ1) is 7.65. The van der Waals surface area contributed by atoms with Crippen LogP contribution in [0.1, 0.15) is 30.4 Å². The lowest BCUT2D eigenvalue weighted by molar-refractivity contribution is 0.677. The topological polar surface area (TPSA) is 40.9 Å². The van der Waals surface area contributed by atoms with Crippen LogP contribution < -0.4 is 0 Å². The van der Waals surface area contributed by atoms with E-state index in [9.17, 15) is 4.21 Å². The molecule has 0 heterocycles. The Labute approximate surface area is 99.8 Å². The number of nitriles is 1. The monoisotopic (exact) mass is 235 g/mol. The molecule has 0 amide bonds. The molecule has 86 valence electrons. The fourth-order valence-corrected chi connectivity index (χ4v) is 2.93. The molecule has 2 nitrogen and oxygen atoms in total. The van der Waals surface area contributed by atoms with Crippen molar-refractivity contribution in [1.29, 1.82) is 5.26 Å². The van der Waals surface area contributed by atoms with Crippen molar-refractivity contribution in [2.45, 2.75) is 38.0 Å². The van der Waals surface area contributed by atoms with Crippen molar-refractivity contribution in [3.8, 4) is 6.07 Å². The number of hydrogen-bond acceptors (Lipinski definition) is 2. The third kappa shape index (κ3) is 3.79. The van der Waals surface area contributed by atoms with Crippen LogP contribution in [0.25, 0.3) is 0 Å². The minimum atomic E-state index is -0.916. The van der Waals surface area contributed by atoms with Crippen molar-refractivity contribution < 1.29 is 4.21 Å². The lowest BCUT2D eigenvalue weighted by Crippen LogP contribution is -2.00. The molecule has 0 N–H and O–H groups in total. The summed E-state index contributed by atoms with van der Waals surface area (Å²) in [6.45, 7) is 4.03. The Bertz CT molecular complexity index is 420. The number of aryl methyl sites for hydroxylation is 2. The van der Waals surface area contributed by atoms with Crippen LogP contribution in [0, 0.1) is 25.2 Å². The van der Waals surface area contributed by atoms with Crippen LogP contribution in [-0.4, -0.2) is 9.96 Å². The van der Waals surface area contributed by atoms with Gasteiger partial charge in [0.05, 0.1) is 16.9 Å². The van der Waals surface area contributed by atoms with Crippen molar-refractivity contribution in [2.75, 3.05) is 5.75 Å². The van der Waals surface area contributed by atoms with Gasteiger partial charge in [-0.1, -0.05) is 17.7 Å². The molecule has 1 atom stereocenters. The van der Waals surface area contributed by atoms with Crippen LogP contribution in [0.15, 0.2) is 23.1 Å². The molecular weight excluding hydrogens is 218 g/mol. The maximum absolute atomic E-state index is 12.0. The highest BCUT2D eigenvalue weighted by Crippen LogP contribution is 2.16. The zero-order valence-electron chi connectivity index (χ0n) is 9.82. The molecule has 1 rings (SSSR count). The fraction of sp³-hybridized carbons (Fsp3) is 0.462. The number of nitrogens with zero attached hydrogens (tertiary/aromatic N) is 1. The summed E-state index contributed by atoms with van der Waals surface area (Å²) in [4.78, 5) is 0.933. The fourth-order valence-electron chi connectivity index (χ4n) is 1.60. The first kappa shape index (κ1) is 12.9. The third-order valence-electron chi connectivity index (χ3n) is 2.44. The molecule has 0 fully saturated rings. The molecular formula is C13H17NOS. The Morgan fingerprint density at radius 1 is 1.31 bits per heavy atom. The average Bonchev–Trinajstić information content (AvgIpc) is 2.24. The molecule has 16 heavy (non-hydrogen) atoms. The summed E-state index contributed by atoms with van der Waals surface area (Å²) < 4.78 is 12.0. The maximum Gasteiger partial charge on any atom is 0.0621 e. The normalized spacial score (nSPS) is 12.1. The minimum Gasteiger partial charge on any atom is -0.254 e. The van der Waals surface area contributed by atoms with E-state index in [-0.39, 0.29) is 0 Å².